The van der Waals surface area contributed by atoms with Crippen molar-refractivity contribution in [3.63, 3.8) is 0 Å². The minimum Gasteiger partial charge on any atom is -0.380 e. The minimum atomic E-state index is -0.372. The number of aromatic amines is 1. The molecule has 1 amide bonds. The average Bonchev–Trinajstić information content (AvgIpc) is 3.46. The van der Waals surface area contributed by atoms with E-state index in [1.54, 1.807) is 11.8 Å². The summed E-state index contributed by atoms with van der Waals surface area (Å²) in [5.74, 6) is 0.450. The second-order valence-corrected chi connectivity index (χ2v) is 10.5. The van der Waals surface area contributed by atoms with Gasteiger partial charge in [0.1, 0.15) is 17.8 Å². The van der Waals surface area contributed by atoms with Gasteiger partial charge in [0.15, 0.2) is 0 Å². The largest absolute Gasteiger partial charge is 0.380 e. The monoisotopic (exact) mass is 557 g/mol. The Bertz CT molecular complexity index is 1390. The van der Waals surface area contributed by atoms with Crippen LogP contribution < -0.4 is 10.8 Å². The molecule has 10 heteroatoms. The van der Waals surface area contributed by atoms with Gasteiger partial charge in [0.2, 0.25) is 5.91 Å². The first-order valence-corrected chi connectivity index (χ1v) is 14.3. The highest BCUT2D eigenvalue weighted by Gasteiger charge is 2.17. The van der Waals surface area contributed by atoms with Crippen LogP contribution in [0.5, 0.6) is 0 Å². The highest BCUT2D eigenvalue weighted by Crippen LogP contribution is 2.29. The summed E-state index contributed by atoms with van der Waals surface area (Å²) < 4.78 is 5.63. The van der Waals surface area contributed by atoms with Gasteiger partial charge in [-0.1, -0.05) is 54.6 Å². The topological polar surface area (TPSA) is 119 Å². The van der Waals surface area contributed by atoms with E-state index in [2.05, 4.69) is 79.5 Å². The molecule has 0 aliphatic carbocycles. The van der Waals surface area contributed by atoms with Gasteiger partial charge in [0.05, 0.1) is 12.0 Å². The van der Waals surface area contributed by atoms with Crippen LogP contribution in [0.25, 0.3) is 22.3 Å². The van der Waals surface area contributed by atoms with Gasteiger partial charge in [-0.25, -0.2) is 15.4 Å². The summed E-state index contributed by atoms with van der Waals surface area (Å²) >= 11 is 0. The summed E-state index contributed by atoms with van der Waals surface area (Å²) in [6, 6.07) is 21.4. The maximum atomic E-state index is 11.0. The molecule has 0 bridgehead atoms. The lowest BCUT2D eigenvalue weighted by Crippen LogP contribution is -2.46. The number of carbonyl (C=O) groups is 1. The smallest absolute Gasteiger partial charge is 0.243 e. The van der Waals surface area contributed by atoms with Gasteiger partial charge in [-0.2, -0.15) is 0 Å². The second-order valence-electron chi connectivity index (χ2n) is 10.5. The minimum absolute atomic E-state index is 0.126. The van der Waals surface area contributed by atoms with Crippen LogP contribution in [-0.4, -0.2) is 81.8 Å². The second kappa shape index (κ2) is 14.2. The molecule has 4 aromatic rings. The summed E-state index contributed by atoms with van der Waals surface area (Å²) in [7, 11) is 0. The first-order chi connectivity index (χ1) is 20.1. The number of carbonyl (C=O) groups excluding carboxylic acids is 1. The molecule has 5 rings (SSSR count). The van der Waals surface area contributed by atoms with Crippen LogP contribution in [0.4, 0.5) is 5.82 Å². The highest BCUT2D eigenvalue weighted by atomic mass is 16.5. The predicted octanol–water partition coefficient (Wildman–Crippen LogP) is 4.22. The summed E-state index contributed by atoms with van der Waals surface area (Å²) in [6.45, 7) is 9.23. The van der Waals surface area contributed by atoms with Crippen molar-refractivity contribution in [2.24, 2.45) is 0 Å². The first-order valence-electron chi connectivity index (χ1n) is 14.3. The van der Waals surface area contributed by atoms with Gasteiger partial charge in [-0.15, -0.1) is 0 Å². The van der Waals surface area contributed by atoms with Crippen LogP contribution >= 0.6 is 0 Å². The van der Waals surface area contributed by atoms with Crippen molar-refractivity contribution in [1.29, 1.82) is 0 Å². The zero-order valence-corrected chi connectivity index (χ0v) is 23.6. The third kappa shape index (κ3) is 7.89. The molecular weight excluding hydrogens is 518 g/mol. The predicted molar refractivity (Wildman–Crippen MR) is 160 cm³/mol. The Balaban J connectivity index is 1.10. The molecule has 1 aliphatic heterocycles. The van der Waals surface area contributed by atoms with Gasteiger partial charge in [-0.05, 0) is 36.1 Å². The van der Waals surface area contributed by atoms with Crippen LogP contribution in [-0.2, 0) is 16.1 Å². The van der Waals surface area contributed by atoms with Crippen LogP contribution in [0.15, 0.2) is 67.0 Å². The Labute approximate surface area is 240 Å². The lowest BCUT2D eigenvalue weighted by molar-refractivity contribution is -0.129. The number of fused-ring (bicyclic) bond motifs is 1. The zero-order valence-electron chi connectivity index (χ0n) is 23.6. The number of anilines is 1. The molecule has 41 heavy (non-hydrogen) atoms. The molecule has 4 N–H and O–H groups in total. The zero-order chi connectivity index (χ0) is 28.4. The highest BCUT2D eigenvalue weighted by molar-refractivity contribution is 5.91. The van der Waals surface area contributed by atoms with E-state index in [0.29, 0.717) is 19.6 Å². The van der Waals surface area contributed by atoms with E-state index in [1.165, 1.54) is 11.1 Å². The molecule has 216 valence electrons. The maximum absolute atomic E-state index is 11.0. The number of nitrogens with one attached hydrogen (secondary N) is 3. The van der Waals surface area contributed by atoms with Gasteiger partial charge < -0.3 is 15.0 Å². The number of nitrogens with zero attached hydrogens (tertiary/aromatic N) is 4. The summed E-state index contributed by atoms with van der Waals surface area (Å²) in [5, 5.41) is 13.0. The van der Waals surface area contributed by atoms with Crippen molar-refractivity contribution in [2.75, 3.05) is 51.3 Å². The molecule has 3 heterocycles. The summed E-state index contributed by atoms with van der Waals surface area (Å²) in [4.78, 5) is 28.4. The standard InChI is InChI=1S/C31H39N7O3/c1-23(25-6-3-2-4-7-25)34-30-27-20-28(35-31(27)33-22-32-30)26-11-9-24(10-12-26)21-38-15-13-37(14-16-38)17-19-41-18-5-8-29(39)36-40/h2-4,6-7,9-12,20,22-23,40H,5,8,13-19,21H2,1H3,(H,36,39)(H2,32,33,34,35). The van der Waals surface area contributed by atoms with Crippen molar-refractivity contribution >= 4 is 22.8 Å². The van der Waals surface area contributed by atoms with Gasteiger partial charge in [0, 0.05) is 64.0 Å². The van der Waals surface area contributed by atoms with Crippen LogP contribution in [0, 0.1) is 0 Å². The molecule has 2 aromatic carbocycles. The third-order valence-electron chi connectivity index (χ3n) is 7.58. The van der Waals surface area contributed by atoms with Crippen molar-refractivity contribution in [1.82, 2.24) is 30.2 Å². The third-order valence-corrected chi connectivity index (χ3v) is 7.58. The average molecular weight is 558 g/mol. The molecular formula is C31H39N7O3. The van der Waals surface area contributed by atoms with Crippen molar-refractivity contribution in [2.45, 2.75) is 32.4 Å². The Morgan fingerprint density at radius 1 is 1.02 bits per heavy atom. The van der Waals surface area contributed by atoms with Crippen molar-refractivity contribution in [3.8, 4) is 11.3 Å². The van der Waals surface area contributed by atoms with Gasteiger partial charge >= 0.3 is 0 Å². The SMILES string of the molecule is CC(Nc1ncnc2[nH]c(-c3ccc(CN4CCN(CCOCCCC(=O)NO)CC4)cc3)cc12)c1ccccc1. The molecule has 1 aliphatic rings. The Hall–Kier alpha value is -3.83. The quantitative estimate of drug-likeness (QED) is 0.110. The fourth-order valence-corrected chi connectivity index (χ4v) is 5.15. The number of hydroxylamine groups is 1. The molecule has 0 radical (unpaired) electrons. The van der Waals surface area contributed by atoms with E-state index >= 15 is 0 Å². The summed E-state index contributed by atoms with van der Waals surface area (Å²) in [5.41, 5.74) is 7.11. The lowest BCUT2D eigenvalue weighted by Gasteiger charge is -2.34. The number of piperazine rings is 1. The lowest BCUT2D eigenvalue weighted by atomic mass is 10.1. The number of rotatable bonds is 13. The number of amides is 1. The number of benzene rings is 2. The Kier molecular flexibility index (Phi) is 9.92. The molecule has 1 fully saturated rings. The van der Waals surface area contributed by atoms with E-state index < -0.39 is 0 Å². The number of hydrogen-bond donors (Lipinski definition) is 4. The fraction of sp³-hybridized carbons (Fsp3) is 0.387. The number of H-pyrrole nitrogens is 1. The van der Waals surface area contributed by atoms with Crippen LogP contribution in [0.2, 0.25) is 0 Å². The van der Waals surface area contributed by atoms with Crippen LogP contribution in [0.3, 0.4) is 0 Å². The van der Waals surface area contributed by atoms with E-state index in [1.807, 2.05) is 18.2 Å². The number of aromatic nitrogens is 3. The van der Waals surface area contributed by atoms with E-state index in [-0.39, 0.29) is 18.4 Å². The van der Waals surface area contributed by atoms with Crippen LogP contribution in [0.1, 0.15) is 36.9 Å². The molecule has 1 atom stereocenters. The summed E-state index contributed by atoms with van der Waals surface area (Å²) in [6.07, 6.45) is 2.49. The fourth-order valence-electron chi connectivity index (χ4n) is 5.15. The molecule has 10 nitrogen and oxygen atoms in total. The molecule has 0 spiro atoms. The molecule has 0 saturated carbocycles. The van der Waals surface area contributed by atoms with E-state index in [4.69, 9.17) is 9.94 Å². The van der Waals surface area contributed by atoms with E-state index in [9.17, 15) is 4.79 Å². The number of hydrogen-bond acceptors (Lipinski definition) is 8. The van der Waals surface area contributed by atoms with Crippen molar-refractivity contribution < 1.29 is 14.7 Å². The number of ether oxygens (including phenoxy) is 1. The maximum Gasteiger partial charge on any atom is 0.243 e. The Morgan fingerprint density at radius 2 is 1.78 bits per heavy atom. The van der Waals surface area contributed by atoms with E-state index in [0.717, 1.165) is 67.4 Å². The Morgan fingerprint density at radius 3 is 2.54 bits per heavy atom. The van der Waals surface area contributed by atoms with Gasteiger partial charge in [0.25, 0.3) is 0 Å². The molecule has 1 unspecified atom stereocenters. The molecule has 1 saturated heterocycles. The van der Waals surface area contributed by atoms with Gasteiger partial charge in [-0.3, -0.25) is 19.8 Å². The van der Waals surface area contributed by atoms with Crippen molar-refractivity contribution in [3.05, 3.63) is 78.1 Å². The first kappa shape index (κ1) is 28.7. The normalized spacial score (nSPS) is 15.2. The molecule has 2 aromatic heterocycles.